The summed E-state index contributed by atoms with van der Waals surface area (Å²) in [5, 5.41) is 0. The lowest BCUT2D eigenvalue weighted by atomic mass is 9.68. The number of nitrogens with zero attached hydrogens (tertiary/aromatic N) is 2. The molecule has 3 heterocycles. The number of likely N-dealkylation sites (N-methyl/N-ethyl adjacent to an activating group) is 1. The molecule has 0 aromatic heterocycles. The molecule has 5 heteroatoms. The van der Waals surface area contributed by atoms with Gasteiger partial charge in [-0.25, -0.2) is 0 Å². The van der Waals surface area contributed by atoms with E-state index in [-0.39, 0.29) is 24.5 Å². The topological polar surface area (TPSA) is 49.9 Å². The van der Waals surface area contributed by atoms with Gasteiger partial charge in [0.25, 0.3) is 5.91 Å². The monoisotopic (exact) mass is 382 g/mol. The highest BCUT2D eigenvalue weighted by atomic mass is 16.5. The predicted octanol–water partition coefficient (Wildman–Crippen LogP) is 2.93. The lowest BCUT2D eigenvalue weighted by Gasteiger charge is -2.43. The molecule has 2 saturated carbocycles. The summed E-state index contributed by atoms with van der Waals surface area (Å²) in [7, 11) is 1.80. The summed E-state index contributed by atoms with van der Waals surface area (Å²) in [5.74, 6) is 2.26. The molecule has 2 aliphatic carbocycles. The molecule has 6 rings (SSSR count). The van der Waals surface area contributed by atoms with Gasteiger partial charge in [-0.3, -0.25) is 9.59 Å². The molecule has 0 N–H and O–H groups in total. The molecule has 0 radical (unpaired) electrons. The SMILES string of the molecule is Cc1ccccc1[C@@H]1[C@@H](C(=O)N2CC3CC4CC(C3)CC2C4)OCC(=O)N1C. The highest BCUT2D eigenvalue weighted by Gasteiger charge is 2.48. The summed E-state index contributed by atoms with van der Waals surface area (Å²) in [6.45, 7) is 2.90. The molecule has 4 atom stereocenters. The van der Waals surface area contributed by atoms with Crippen LogP contribution >= 0.6 is 0 Å². The Morgan fingerprint density at radius 3 is 2.43 bits per heavy atom. The highest BCUT2D eigenvalue weighted by Crippen LogP contribution is 2.48. The Bertz CT molecular complexity index is 780. The van der Waals surface area contributed by atoms with Crippen molar-refractivity contribution in [3.05, 3.63) is 35.4 Å². The van der Waals surface area contributed by atoms with E-state index >= 15 is 0 Å². The second kappa shape index (κ2) is 6.87. The number of carbonyl (C=O) groups excluding carboxylic acids is 2. The summed E-state index contributed by atoms with van der Waals surface area (Å²) in [5.41, 5.74) is 2.10. The lowest BCUT2D eigenvalue weighted by molar-refractivity contribution is -0.169. The summed E-state index contributed by atoms with van der Waals surface area (Å²) in [6, 6.07) is 8.03. The van der Waals surface area contributed by atoms with Crippen LogP contribution in [-0.4, -0.2) is 54.0 Å². The van der Waals surface area contributed by atoms with Crippen molar-refractivity contribution in [1.82, 2.24) is 9.80 Å². The van der Waals surface area contributed by atoms with E-state index < -0.39 is 6.10 Å². The molecular formula is C23H30N2O3. The van der Waals surface area contributed by atoms with Crippen molar-refractivity contribution in [2.45, 2.75) is 57.2 Å². The predicted molar refractivity (Wildman–Crippen MR) is 105 cm³/mol. The molecule has 28 heavy (non-hydrogen) atoms. The first-order valence-electron chi connectivity index (χ1n) is 10.7. The summed E-state index contributed by atoms with van der Waals surface area (Å²) < 4.78 is 5.94. The Morgan fingerprint density at radius 1 is 1.04 bits per heavy atom. The minimum atomic E-state index is -0.612. The third-order valence-corrected chi connectivity index (χ3v) is 7.62. The molecule has 5 fully saturated rings. The van der Waals surface area contributed by atoms with E-state index in [1.165, 1.54) is 19.3 Å². The zero-order valence-corrected chi connectivity index (χ0v) is 16.8. The summed E-state index contributed by atoms with van der Waals surface area (Å²) in [4.78, 5) is 30.0. The van der Waals surface area contributed by atoms with Crippen LogP contribution in [0.3, 0.4) is 0 Å². The minimum absolute atomic E-state index is 0.0114. The van der Waals surface area contributed by atoms with E-state index in [1.807, 2.05) is 31.2 Å². The van der Waals surface area contributed by atoms with Crippen LogP contribution in [0.2, 0.25) is 0 Å². The van der Waals surface area contributed by atoms with E-state index in [1.54, 1.807) is 11.9 Å². The van der Waals surface area contributed by atoms with E-state index in [4.69, 9.17) is 4.74 Å². The molecule has 3 aliphatic heterocycles. The second-order valence-corrected chi connectivity index (χ2v) is 9.46. The molecule has 1 aromatic carbocycles. The third kappa shape index (κ3) is 2.95. The quantitative estimate of drug-likeness (QED) is 0.790. The van der Waals surface area contributed by atoms with E-state index in [0.717, 1.165) is 42.3 Å². The number of carbonyl (C=O) groups is 2. The Kier molecular flexibility index (Phi) is 4.46. The van der Waals surface area contributed by atoms with E-state index in [0.29, 0.717) is 12.0 Å². The van der Waals surface area contributed by atoms with Crippen LogP contribution in [0.1, 0.15) is 49.3 Å². The molecule has 1 aromatic rings. The van der Waals surface area contributed by atoms with Crippen LogP contribution in [-0.2, 0) is 14.3 Å². The average molecular weight is 383 g/mol. The second-order valence-electron chi connectivity index (χ2n) is 9.46. The summed E-state index contributed by atoms with van der Waals surface area (Å²) in [6.07, 6.45) is 5.60. The zero-order valence-electron chi connectivity index (χ0n) is 16.8. The first-order valence-corrected chi connectivity index (χ1v) is 10.7. The molecular weight excluding hydrogens is 352 g/mol. The van der Waals surface area contributed by atoms with Crippen molar-refractivity contribution in [2.75, 3.05) is 20.2 Å². The number of hydrogen-bond acceptors (Lipinski definition) is 3. The fourth-order valence-electron chi connectivity index (χ4n) is 6.43. The zero-order chi connectivity index (χ0) is 19.4. The maximum atomic E-state index is 13.8. The number of morpholine rings is 1. The minimum Gasteiger partial charge on any atom is -0.356 e. The van der Waals surface area contributed by atoms with Gasteiger partial charge in [0.1, 0.15) is 6.61 Å². The van der Waals surface area contributed by atoms with Crippen molar-refractivity contribution in [3.8, 4) is 0 Å². The first kappa shape index (κ1) is 18.2. The lowest BCUT2D eigenvalue weighted by Crippen LogP contribution is -2.56. The van der Waals surface area contributed by atoms with Crippen molar-refractivity contribution in [3.63, 3.8) is 0 Å². The fourth-order valence-corrected chi connectivity index (χ4v) is 6.43. The van der Waals surface area contributed by atoms with E-state index in [9.17, 15) is 9.59 Å². The van der Waals surface area contributed by atoms with Gasteiger partial charge in [-0.15, -0.1) is 0 Å². The van der Waals surface area contributed by atoms with Crippen LogP contribution in [0.15, 0.2) is 24.3 Å². The van der Waals surface area contributed by atoms with Crippen LogP contribution in [0.5, 0.6) is 0 Å². The molecule has 0 spiro atoms. The molecule has 3 saturated heterocycles. The van der Waals surface area contributed by atoms with Crippen LogP contribution in [0.25, 0.3) is 0 Å². The number of ether oxygens (including phenoxy) is 1. The van der Waals surface area contributed by atoms with Gasteiger partial charge in [0.2, 0.25) is 5.91 Å². The number of rotatable bonds is 2. The van der Waals surface area contributed by atoms with Crippen molar-refractivity contribution in [1.29, 1.82) is 0 Å². The third-order valence-electron chi connectivity index (χ3n) is 7.62. The van der Waals surface area contributed by atoms with Crippen LogP contribution in [0.4, 0.5) is 0 Å². The maximum Gasteiger partial charge on any atom is 0.254 e. The van der Waals surface area contributed by atoms with E-state index in [2.05, 4.69) is 4.90 Å². The van der Waals surface area contributed by atoms with Gasteiger partial charge in [-0.2, -0.15) is 0 Å². The number of aryl methyl sites for hydroxylation is 1. The van der Waals surface area contributed by atoms with Gasteiger partial charge in [-0.1, -0.05) is 24.3 Å². The molecule has 2 amide bonds. The molecule has 5 nitrogen and oxygen atoms in total. The van der Waals surface area contributed by atoms with Crippen molar-refractivity contribution in [2.24, 2.45) is 17.8 Å². The Labute approximate surface area is 167 Å². The summed E-state index contributed by atoms with van der Waals surface area (Å²) >= 11 is 0. The molecule has 150 valence electrons. The number of fused-ring (bicyclic) bond motifs is 1. The van der Waals surface area contributed by atoms with Gasteiger partial charge < -0.3 is 14.5 Å². The van der Waals surface area contributed by atoms with Gasteiger partial charge in [0, 0.05) is 19.6 Å². The maximum absolute atomic E-state index is 13.8. The van der Waals surface area contributed by atoms with Crippen LogP contribution < -0.4 is 0 Å². The molecule has 5 aliphatic rings. The molecule has 4 bridgehead atoms. The fraction of sp³-hybridized carbons (Fsp3) is 0.652. The van der Waals surface area contributed by atoms with Gasteiger partial charge in [0.05, 0.1) is 6.04 Å². The number of hydrogen-bond donors (Lipinski definition) is 0. The smallest absolute Gasteiger partial charge is 0.254 e. The van der Waals surface area contributed by atoms with Gasteiger partial charge in [0.15, 0.2) is 6.10 Å². The first-order chi connectivity index (χ1) is 13.5. The highest BCUT2D eigenvalue weighted by molar-refractivity contribution is 5.86. The Balaban J connectivity index is 1.47. The van der Waals surface area contributed by atoms with Gasteiger partial charge in [-0.05, 0) is 67.9 Å². The normalized spacial score (nSPS) is 37.3. The van der Waals surface area contributed by atoms with Gasteiger partial charge >= 0.3 is 0 Å². The standard InChI is InChI=1S/C23H30N2O3/c1-14-5-3-4-6-19(14)21-22(28-13-20(26)24(21)2)23(27)25-12-17-8-15-7-16(9-17)11-18(25)10-15/h3-6,15-18,21-22H,7-13H2,1-2H3/t15?,16?,17?,18?,21-,22+/m1/s1. The number of benzene rings is 1. The average Bonchev–Trinajstić information content (AvgIpc) is 2.87. The Morgan fingerprint density at radius 2 is 1.71 bits per heavy atom. The Hall–Kier alpha value is -1.88. The number of amides is 2. The van der Waals surface area contributed by atoms with Crippen LogP contribution in [0, 0.1) is 24.7 Å². The van der Waals surface area contributed by atoms with Crippen molar-refractivity contribution < 1.29 is 14.3 Å². The largest absolute Gasteiger partial charge is 0.356 e. The van der Waals surface area contributed by atoms with Crippen molar-refractivity contribution >= 4 is 11.8 Å². The molecule has 2 unspecified atom stereocenters.